The SMILES string of the molecule is CCCC(=O)Oc1ccc(Br)cc1-c1nc2cccnc2o1. The molecular weight excluding hydrogens is 348 g/mol. The molecule has 5 nitrogen and oxygen atoms in total. The molecule has 0 fully saturated rings. The Kier molecular flexibility index (Phi) is 4.20. The van der Waals surface area contributed by atoms with Crippen molar-refractivity contribution in [3.8, 4) is 17.2 Å². The van der Waals surface area contributed by atoms with Crippen molar-refractivity contribution < 1.29 is 13.9 Å². The molecule has 22 heavy (non-hydrogen) atoms. The van der Waals surface area contributed by atoms with Gasteiger partial charge in [0, 0.05) is 17.1 Å². The van der Waals surface area contributed by atoms with Crippen LogP contribution in [0, 0.1) is 0 Å². The number of carbonyl (C=O) groups excluding carboxylic acids is 1. The molecule has 1 aromatic carbocycles. The van der Waals surface area contributed by atoms with Gasteiger partial charge in [0.25, 0.3) is 0 Å². The van der Waals surface area contributed by atoms with E-state index < -0.39 is 0 Å². The summed E-state index contributed by atoms with van der Waals surface area (Å²) in [4.78, 5) is 20.3. The van der Waals surface area contributed by atoms with Gasteiger partial charge in [-0.2, -0.15) is 0 Å². The highest BCUT2D eigenvalue weighted by Crippen LogP contribution is 2.34. The number of esters is 1. The molecule has 0 N–H and O–H groups in total. The van der Waals surface area contributed by atoms with Gasteiger partial charge >= 0.3 is 5.97 Å². The third kappa shape index (κ3) is 3.01. The molecule has 3 rings (SSSR count). The van der Waals surface area contributed by atoms with E-state index in [9.17, 15) is 4.79 Å². The second-order valence-electron chi connectivity index (χ2n) is 4.71. The maximum atomic E-state index is 11.8. The lowest BCUT2D eigenvalue weighted by atomic mass is 10.2. The first-order valence-corrected chi connectivity index (χ1v) is 7.69. The van der Waals surface area contributed by atoms with E-state index in [1.54, 1.807) is 30.5 Å². The van der Waals surface area contributed by atoms with Gasteiger partial charge in [-0.15, -0.1) is 0 Å². The minimum absolute atomic E-state index is 0.277. The van der Waals surface area contributed by atoms with E-state index in [4.69, 9.17) is 9.15 Å². The maximum absolute atomic E-state index is 11.8. The van der Waals surface area contributed by atoms with E-state index in [-0.39, 0.29) is 5.97 Å². The van der Waals surface area contributed by atoms with Crippen molar-refractivity contribution in [2.45, 2.75) is 19.8 Å². The Labute approximate surface area is 135 Å². The van der Waals surface area contributed by atoms with Gasteiger partial charge in [-0.05, 0) is 36.8 Å². The minimum atomic E-state index is -0.277. The summed E-state index contributed by atoms with van der Waals surface area (Å²) in [5.41, 5.74) is 1.71. The summed E-state index contributed by atoms with van der Waals surface area (Å²) in [6.45, 7) is 1.93. The topological polar surface area (TPSA) is 65.2 Å². The van der Waals surface area contributed by atoms with Gasteiger partial charge in [0.05, 0.1) is 5.56 Å². The van der Waals surface area contributed by atoms with Crippen LogP contribution in [0.3, 0.4) is 0 Å². The predicted molar refractivity (Wildman–Crippen MR) is 85.5 cm³/mol. The van der Waals surface area contributed by atoms with Crippen LogP contribution in [0.15, 0.2) is 45.4 Å². The number of rotatable bonds is 4. The Bertz CT molecular complexity index is 796. The number of ether oxygens (including phenoxy) is 1. The summed E-state index contributed by atoms with van der Waals surface area (Å²) < 4.78 is 11.9. The number of oxazole rings is 1. The standard InChI is InChI=1S/C16H13BrN2O3/c1-2-4-14(20)21-13-7-6-10(17)9-11(13)15-19-12-5-3-8-18-16(12)22-15/h3,5-9H,2,4H2,1H3. The molecule has 0 atom stereocenters. The smallest absolute Gasteiger partial charge is 0.311 e. The number of aromatic nitrogens is 2. The quantitative estimate of drug-likeness (QED) is 0.510. The van der Waals surface area contributed by atoms with Gasteiger partial charge < -0.3 is 9.15 Å². The molecule has 0 bridgehead atoms. The summed E-state index contributed by atoms with van der Waals surface area (Å²) in [7, 11) is 0. The van der Waals surface area contributed by atoms with Crippen LogP contribution in [-0.2, 0) is 4.79 Å². The number of carbonyl (C=O) groups is 1. The summed E-state index contributed by atoms with van der Waals surface area (Å²) in [5, 5.41) is 0. The van der Waals surface area contributed by atoms with Crippen molar-refractivity contribution in [2.24, 2.45) is 0 Å². The van der Waals surface area contributed by atoms with Crippen LogP contribution < -0.4 is 4.74 Å². The normalized spacial score (nSPS) is 10.8. The van der Waals surface area contributed by atoms with Gasteiger partial charge in [0.1, 0.15) is 11.3 Å². The van der Waals surface area contributed by atoms with Crippen molar-refractivity contribution in [3.05, 3.63) is 41.0 Å². The van der Waals surface area contributed by atoms with Gasteiger partial charge in [0.2, 0.25) is 11.6 Å². The fraction of sp³-hybridized carbons (Fsp3) is 0.188. The zero-order valence-electron chi connectivity index (χ0n) is 11.9. The Morgan fingerprint density at radius 3 is 3.00 bits per heavy atom. The number of pyridine rings is 1. The maximum Gasteiger partial charge on any atom is 0.311 e. The number of fused-ring (bicyclic) bond motifs is 1. The van der Waals surface area contributed by atoms with Crippen molar-refractivity contribution in [2.75, 3.05) is 0 Å². The zero-order valence-corrected chi connectivity index (χ0v) is 13.5. The van der Waals surface area contributed by atoms with Crippen molar-refractivity contribution >= 4 is 33.1 Å². The molecule has 2 heterocycles. The molecule has 0 saturated carbocycles. The van der Waals surface area contributed by atoms with E-state index in [0.29, 0.717) is 34.9 Å². The van der Waals surface area contributed by atoms with E-state index in [1.807, 2.05) is 13.0 Å². The van der Waals surface area contributed by atoms with Crippen LogP contribution in [-0.4, -0.2) is 15.9 Å². The lowest BCUT2D eigenvalue weighted by molar-refractivity contribution is -0.134. The average Bonchev–Trinajstić information content (AvgIpc) is 2.93. The summed E-state index contributed by atoms with van der Waals surface area (Å²) in [5.74, 6) is 0.516. The zero-order chi connectivity index (χ0) is 15.5. The second-order valence-corrected chi connectivity index (χ2v) is 5.63. The van der Waals surface area contributed by atoms with Crippen LogP contribution in [0.1, 0.15) is 19.8 Å². The molecule has 0 aliphatic rings. The highest BCUT2D eigenvalue weighted by molar-refractivity contribution is 9.10. The molecule has 6 heteroatoms. The predicted octanol–water partition coefficient (Wildman–Crippen LogP) is 4.36. The molecule has 3 aromatic rings. The molecule has 112 valence electrons. The molecular formula is C16H13BrN2O3. The van der Waals surface area contributed by atoms with Crippen LogP contribution in [0.5, 0.6) is 5.75 Å². The number of nitrogens with zero attached hydrogens (tertiary/aromatic N) is 2. The number of hydrogen-bond donors (Lipinski definition) is 0. The van der Waals surface area contributed by atoms with Crippen LogP contribution in [0.25, 0.3) is 22.7 Å². The fourth-order valence-corrected chi connectivity index (χ4v) is 2.38. The van der Waals surface area contributed by atoms with Crippen molar-refractivity contribution in [1.82, 2.24) is 9.97 Å². The molecule has 0 saturated heterocycles. The number of halogens is 1. The number of hydrogen-bond acceptors (Lipinski definition) is 5. The molecule has 0 unspecified atom stereocenters. The Morgan fingerprint density at radius 1 is 1.36 bits per heavy atom. The first-order valence-electron chi connectivity index (χ1n) is 6.89. The van der Waals surface area contributed by atoms with Crippen LogP contribution >= 0.6 is 15.9 Å². The van der Waals surface area contributed by atoms with Crippen molar-refractivity contribution in [3.63, 3.8) is 0 Å². The summed E-state index contributed by atoms with van der Waals surface area (Å²) in [6, 6.07) is 8.93. The van der Waals surface area contributed by atoms with E-state index in [2.05, 4.69) is 25.9 Å². The van der Waals surface area contributed by atoms with Crippen LogP contribution in [0.4, 0.5) is 0 Å². The molecule has 0 aliphatic heterocycles. The summed E-state index contributed by atoms with van der Waals surface area (Å²) in [6.07, 6.45) is 2.74. The number of benzene rings is 1. The Morgan fingerprint density at radius 2 is 2.23 bits per heavy atom. The van der Waals surface area contributed by atoms with Crippen LogP contribution in [0.2, 0.25) is 0 Å². The Hall–Kier alpha value is -2.21. The van der Waals surface area contributed by atoms with E-state index in [1.165, 1.54) is 0 Å². The van der Waals surface area contributed by atoms with E-state index in [0.717, 1.165) is 10.9 Å². The van der Waals surface area contributed by atoms with Gasteiger partial charge in [0.15, 0.2) is 0 Å². The molecule has 0 aliphatic carbocycles. The minimum Gasteiger partial charge on any atom is -0.426 e. The van der Waals surface area contributed by atoms with Crippen molar-refractivity contribution in [1.29, 1.82) is 0 Å². The average molecular weight is 361 g/mol. The lowest BCUT2D eigenvalue weighted by Gasteiger charge is -2.07. The molecule has 0 amide bonds. The molecule has 0 radical (unpaired) electrons. The fourth-order valence-electron chi connectivity index (χ4n) is 2.02. The Balaban J connectivity index is 2.04. The largest absolute Gasteiger partial charge is 0.426 e. The van der Waals surface area contributed by atoms with Gasteiger partial charge in [-0.3, -0.25) is 4.79 Å². The van der Waals surface area contributed by atoms with E-state index >= 15 is 0 Å². The van der Waals surface area contributed by atoms with Gasteiger partial charge in [-0.1, -0.05) is 22.9 Å². The highest BCUT2D eigenvalue weighted by atomic mass is 79.9. The third-order valence-corrected chi connectivity index (χ3v) is 3.51. The first kappa shape index (κ1) is 14.7. The molecule has 2 aromatic heterocycles. The summed E-state index contributed by atoms with van der Waals surface area (Å²) >= 11 is 3.41. The third-order valence-electron chi connectivity index (χ3n) is 3.02. The monoisotopic (exact) mass is 360 g/mol. The first-order chi connectivity index (χ1) is 10.7. The van der Waals surface area contributed by atoms with Gasteiger partial charge in [-0.25, -0.2) is 9.97 Å². The second kappa shape index (κ2) is 6.27. The highest BCUT2D eigenvalue weighted by Gasteiger charge is 2.16. The lowest BCUT2D eigenvalue weighted by Crippen LogP contribution is -2.07. The molecule has 0 spiro atoms.